The van der Waals surface area contributed by atoms with Crippen LogP contribution in [0.3, 0.4) is 0 Å². The fraction of sp³-hybridized carbons (Fsp3) is 0.821. The smallest absolute Gasteiger partial charge is 0.192 e. The van der Waals surface area contributed by atoms with Crippen LogP contribution in [0.2, 0.25) is 54.4 Å². The van der Waals surface area contributed by atoms with Gasteiger partial charge in [0.15, 0.2) is 25.0 Å². The lowest BCUT2D eigenvalue weighted by Crippen LogP contribution is -2.47. The van der Waals surface area contributed by atoms with Crippen molar-refractivity contribution in [3.63, 3.8) is 0 Å². The van der Waals surface area contributed by atoms with Crippen LogP contribution < -0.4 is 0 Å². The van der Waals surface area contributed by atoms with Crippen molar-refractivity contribution in [2.24, 2.45) is 0 Å². The van der Waals surface area contributed by atoms with Crippen LogP contribution in [0, 0.1) is 0 Å². The highest BCUT2D eigenvalue weighted by molar-refractivity contribution is 6.75. The molecule has 0 aliphatic rings. The Morgan fingerprint density at radius 3 is 1.54 bits per heavy atom. The first-order valence-electron chi connectivity index (χ1n) is 13.2. The number of rotatable bonds is 13. The fourth-order valence-electron chi connectivity index (χ4n) is 2.63. The topological polar surface area (TPSA) is 44.8 Å². The van der Waals surface area contributed by atoms with Gasteiger partial charge in [-0.1, -0.05) is 80.5 Å². The predicted octanol–water partition coefficient (Wildman–Crippen LogP) is 8.88. The normalized spacial score (nSPS) is 16.8. The molecule has 0 radical (unpaired) electrons. The fourth-order valence-corrected chi connectivity index (χ4v) is 6.30. The third-order valence-corrected chi connectivity index (χ3v) is 21.8. The van der Waals surface area contributed by atoms with E-state index in [2.05, 4.69) is 114 Å². The molecule has 7 heteroatoms. The molecule has 0 aromatic carbocycles. The maximum atomic E-state index is 10.8. The highest BCUT2D eigenvalue weighted by atomic mass is 28.4. The van der Waals surface area contributed by atoms with Crippen LogP contribution in [0.15, 0.2) is 24.3 Å². The summed E-state index contributed by atoms with van der Waals surface area (Å²) in [6, 6.07) is 0. The summed E-state index contributed by atoms with van der Waals surface area (Å²) >= 11 is 0. The molecule has 0 aromatic heterocycles. The van der Waals surface area contributed by atoms with Gasteiger partial charge >= 0.3 is 0 Å². The maximum absolute atomic E-state index is 10.8. The molecule has 0 rings (SSSR count). The van der Waals surface area contributed by atoms with Crippen molar-refractivity contribution in [3.05, 3.63) is 24.3 Å². The molecule has 0 heterocycles. The second-order valence-electron chi connectivity index (χ2n) is 14.5. The molecule has 0 aliphatic heterocycles. The van der Waals surface area contributed by atoms with Crippen LogP contribution >= 0.6 is 0 Å². The van der Waals surface area contributed by atoms with Crippen molar-refractivity contribution < 1.29 is 18.1 Å². The molecule has 0 amide bonds. The average molecular weight is 543 g/mol. The Bertz CT molecular complexity index is 705. The summed E-state index contributed by atoms with van der Waals surface area (Å²) in [5.41, 5.74) is 0. The van der Waals surface area contributed by atoms with Crippen molar-refractivity contribution in [3.8, 4) is 0 Å². The van der Waals surface area contributed by atoms with Gasteiger partial charge < -0.3 is 13.3 Å². The van der Waals surface area contributed by atoms with Crippen LogP contribution in [-0.2, 0) is 18.1 Å². The van der Waals surface area contributed by atoms with Gasteiger partial charge in [-0.05, 0) is 73.3 Å². The molecule has 0 unspecified atom stereocenters. The molecular formula is C28H58O4Si3. The van der Waals surface area contributed by atoms with Gasteiger partial charge in [-0.25, -0.2) is 0 Å². The van der Waals surface area contributed by atoms with Crippen LogP contribution in [0.4, 0.5) is 0 Å². The number of carbonyl (C=O) groups is 1. The van der Waals surface area contributed by atoms with Gasteiger partial charge in [0.05, 0.1) is 18.8 Å². The van der Waals surface area contributed by atoms with E-state index in [1.807, 2.05) is 6.08 Å². The van der Waals surface area contributed by atoms with E-state index in [0.29, 0.717) is 13.0 Å². The first-order chi connectivity index (χ1) is 15.5. The lowest BCUT2D eigenvalue weighted by atomic mass is 10.2. The first kappa shape index (κ1) is 34.7. The van der Waals surface area contributed by atoms with Gasteiger partial charge in [-0.2, -0.15) is 0 Å². The van der Waals surface area contributed by atoms with Gasteiger partial charge in [-0.15, -0.1) is 0 Å². The number of carbonyl (C=O) groups excluding carboxylic acids is 1. The first-order valence-corrected chi connectivity index (χ1v) is 22.0. The molecule has 35 heavy (non-hydrogen) atoms. The Morgan fingerprint density at radius 1 is 0.657 bits per heavy atom. The lowest BCUT2D eigenvalue weighted by molar-refractivity contribution is -0.104. The molecule has 0 aliphatic carbocycles. The largest absolute Gasteiger partial charge is 0.414 e. The Hall–Kier alpha value is -0.319. The molecule has 4 nitrogen and oxygen atoms in total. The van der Waals surface area contributed by atoms with Crippen LogP contribution in [0.5, 0.6) is 0 Å². The summed E-state index contributed by atoms with van der Waals surface area (Å²) in [5.74, 6) is 0. The standard InChI is InChI=1S/C28H58O4Si3/c1-26(2,3)33(10,11)30-23-25(32-35(14,15)28(7,8)9)21-18-20-24(19-16-17-22-29)31-34(12,13)27(4,5)6/h16-18,20,22,24-25H,19,21,23H2,1-15H3/b17-16+,20-18+/t24-,25+/m1/s1. The van der Waals surface area contributed by atoms with E-state index in [-0.39, 0.29) is 27.3 Å². The molecule has 0 saturated carbocycles. The lowest BCUT2D eigenvalue weighted by Gasteiger charge is -2.41. The zero-order valence-electron chi connectivity index (χ0n) is 25.8. The van der Waals surface area contributed by atoms with E-state index in [1.54, 1.807) is 6.08 Å². The molecule has 206 valence electrons. The third kappa shape index (κ3) is 11.7. The van der Waals surface area contributed by atoms with Crippen LogP contribution in [-0.4, -0.2) is 50.1 Å². The van der Waals surface area contributed by atoms with Crippen molar-refractivity contribution in [1.29, 1.82) is 0 Å². The van der Waals surface area contributed by atoms with E-state index in [0.717, 1.165) is 12.7 Å². The quantitative estimate of drug-likeness (QED) is 0.101. The maximum Gasteiger partial charge on any atom is 0.192 e. The monoisotopic (exact) mass is 542 g/mol. The number of allylic oxidation sites excluding steroid dienone is 1. The molecular weight excluding hydrogens is 485 g/mol. The van der Waals surface area contributed by atoms with Crippen LogP contribution in [0.25, 0.3) is 0 Å². The van der Waals surface area contributed by atoms with Gasteiger partial charge in [0.2, 0.25) is 0 Å². The van der Waals surface area contributed by atoms with Crippen molar-refractivity contribution in [2.45, 2.75) is 142 Å². The van der Waals surface area contributed by atoms with E-state index in [9.17, 15) is 4.79 Å². The van der Waals surface area contributed by atoms with E-state index in [4.69, 9.17) is 13.3 Å². The van der Waals surface area contributed by atoms with E-state index >= 15 is 0 Å². The molecule has 0 fully saturated rings. The van der Waals surface area contributed by atoms with E-state index in [1.165, 1.54) is 0 Å². The molecule has 0 bridgehead atoms. The van der Waals surface area contributed by atoms with Crippen molar-refractivity contribution >= 4 is 31.2 Å². The highest BCUT2D eigenvalue weighted by Gasteiger charge is 2.41. The highest BCUT2D eigenvalue weighted by Crippen LogP contribution is 2.40. The summed E-state index contributed by atoms with van der Waals surface area (Å²) < 4.78 is 20.1. The Kier molecular flexibility index (Phi) is 12.8. The van der Waals surface area contributed by atoms with Crippen molar-refractivity contribution in [1.82, 2.24) is 0 Å². The summed E-state index contributed by atoms with van der Waals surface area (Å²) in [5, 5.41) is 0.426. The second-order valence-corrected chi connectivity index (χ2v) is 28.8. The molecule has 0 spiro atoms. The van der Waals surface area contributed by atoms with Gasteiger partial charge in [0.1, 0.15) is 6.29 Å². The summed E-state index contributed by atoms with van der Waals surface area (Å²) in [6.45, 7) is 34.8. The van der Waals surface area contributed by atoms with Gasteiger partial charge in [-0.3, -0.25) is 4.79 Å². The molecule has 0 saturated heterocycles. The molecule has 2 atom stereocenters. The van der Waals surface area contributed by atoms with E-state index < -0.39 is 25.0 Å². The number of hydrogen-bond acceptors (Lipinski definition) is 4. The predicted molar refractivity (Wildman–Crippen MR) is 161 cm³/mol. The molecule has 0 N–H and O–H groups in total. The van der Waals surface area contributed by atoms with Gasteiger partial charge in [0.25, 0.3) is 0 Å². The average Bonchev–Trinajstić information content (AvgIpc) is 2.62. The summed E-state index contributed by atoms with van der Waals surface area (Å²) in [7, 11) is -5.77. The number of aldehydes is 1. The Balaban J connectivity index is 5.75. The summed E-state index contributed by atoms with van der Waals surface area (Å²) in [4.78, 5) is 10.8. The zero-order valence-corrected chi connectivity index (χ0v) is 28.8. The third-order valence-electron chi connectivity index (χ3n) is 8.29. The minimum atomic E-state index is -1.95. The van der Waals surface area contributed by atoms with Crippen LogP contribution in [0.1, 0.15) is 75.2 Å². The molecule has 0 aromatic rings. The SMILES string of the molecule is CC(C)(C)[Si](C)(C)OC[C@H](C/C=C/[C@@H](C/C=C/C=O)O[Si](C)(C)C(C)(C)C)O[Si](C)(C)C(C)(C)C. The number of hydrogen-bond donors (Lipinski definition) is 0. The Labute approximate surface area is 221 Å². The van der Waals surface area contributed by atoms with Gasteiger partial charge in [0, 0.05) is 0 Å². The van der Waals surface area contributed by atoms with Crippen molar-refractivity contribution in [2.75, 3.05) is 6.61 Å². The second kappa shape index (κ2) is 13.0. The minimum Gasteiger partial charge on any atom is -0.414 e. The summed E-state index contributed by atoms with van der Waals surface area (Å²) in [6.07, 6.45) is 10.1. The minimum absolute atomic E-state index is 0.0142. The zero-order chi connectivity index (χ0) is 27.9. The Morgan fingerprint density at radius 2 is 1.11 bits per heavy atom.